The minimum absolute atomic E-state index is 0.00736. The van der Waals surface area contributed by atoms with Crippen molar-refractivity contribution in [3.05, 3.63) is 23.8 Å². The second kappa shape index (κ2) is 3.15. The number of hydrogen-bond donors (Lipinski definition) is 2. The van der Waals surface area contributed by atoms with Crippen LogP contribution in [0.3, 0.4) is 0 Å². The van der Waals surface area contributed by atoms with Gasteiger partial charge >= 0.3 is 6.03 Å². The largest absolute Gasteiger partial charge is 0.384 e. The van der Waals surface area contributed by atoms with Crippen molar-refractivity contribution in [1.82, 2.24) is 5.32 Å². The van der Waals surface area contributed by atoms with Crippen LogP contribution in [0.2, 0.25) is 0 Å². The van der Waals surface area contributed by atoms with E-state index < -0.39 is 0 Å². The van der Waals surface area contributed by atoms with Gasteiger partial charge in [-0.2, -0.15) is 0 Å². The Bertz CT molecular complexity index is 416. The van der Waals surface area contributed by atoms with Gasteiger partial charge in [0.15, 0.2) is 0 Å². The van der Waals surface area contributed by atoms with E-state index in [4.69, 9.17) is 0 Å². The molecule has 2 heterocycles. The summed E-state index contributed by atoms with van der Waals surface area (Å²) in [5.41, 5.74) is 3.50. The summed E-state index contributed by atoms with van der Waals surface area (Å²) < 4.78 is 0. The van der Waals surface area contributed by atoms with Crippen LogP contribution in [0, 0.1) is 0 Å². The van der Waals surface area contributed by atoms with E-state index in [1.165, 1.54) is 11.3 Å². The molecule has 0 saturated carbocycles. The summed E-state index contributed by atoms with van der Waals surface area (Å²) in [6.07, 6.45) is 1.09. The summed E-state index contributed by atoms with van der Waals surface area (Å²) in [7, 11) is 0. The highest BCUT2D eigenvalue weighted by Crippen LogP contribution is 2.28. The Balaban J connectivity index is 1.95. The quantitative estimate of drug-likeness (QED) is 0.720. The average Bonchev–Trinajstić information content (AvgIpc) is 2.84. The molecule has 3 rings (SSSR count). The fourth-order valence-electron chi connectivity index (χ4n) is 2.16. The monoisotopic (exact) mass is 203 g/mol. The third kappa shape index (κ3) is 1.33. The van der Waals surface area contributed by atoms with Crippen LogP contribution in [0.15, 0.2) is 18.2 Å². The van der Waals surface area contributed by atoms with Crippen molar-refractivity contribution in [1.29, 1.82) is 0 Å². The number of fused-ring (bicyclic) bond motifs is 1. The molecule has 2 N–H and O–H groups in total. The van der Waals surface area contributed by atoms with Crippen LogP contribution in [0.4, 0.5) is 16.2 Å². The van der Waals surface area contributed by atoms with Crippen molar-refractivity contribution in [2.45, 2.75) is 6.42 Å². The molecular weight excluding hydrogens is 190 g/mol. The molecule has 0 atom stereocenters. The van der Waals surface area contributed by atoms with Gasteiger partial charge in [0.05, 0.1) is 0 Å². The summed E-state index contributed by atoms with van der Waals surface area (Å²) >= 11 is 0. The molecule has 4 nitrogen and oxygen atoms in total. The maximum absolute atomic E-state index is 11.5. The number of amides is 2. The van der Waals surface area contributed by atoms with Gasteiger partial charge in [-0.25, -0.2) is 4.79 Å². The fraction of sp³-hybridized carbons (Fsp3) is 0.364. The Kier molecular flexibility index (Phi) is 1.80. The summed E-state index contributed by atoms with van der Waals surface area (Å²) in [4.78, 5) is 13.2. The zero-order chi connectivity index (χ0) is 10.3. The molecule has 2 aliphatic rings. The second-order valence-electron chi connectivity index (χ2n) is 3.90. The summed E-state index contributed by atoms with van der Waals surface area (Å²) in [5.74, 6) is 0. The highest BCUT2D eigenvalue weighted by atomic mass is 16.2. The molecule has 4 heteroatoms. The number of hydrogen-bond acceptors (Lipinski definition) is 2. The summed E-state index contributed by atoms with van der Waals surface area (Å²) in [5, 5.41) is 6.12. The first kappa shape index (κ1) is 8.59. The zero-order valence-corrected chi connectivity index (χ0v) is 8.42. The molecule has 0 aliphatic carbocycles. The summed E-state index contributed by atoms with van der Waals surface area (Å²) in [6, 6.07) is 6.20. The Morgan fingerprint density at radius 1 is 1.20 bits per heavy atom. The van der Waals surface area contributed by atoms with E-state index in [1.54, 1.807) is 4.90 Å². The van der Waals surface area contributed by atoms with E-state index in [-0.39, 0.29) is 6.03 Å². The molecule has 0 spiro atoms. The number of carbonyl (C=O) groups is 1. The number of carbonyl (C=O) groups excluding carboxylic acids is 1. The minimum Gasteiger partial charge on any atom is -0.384 e. The van der Waals surface area contributed by atoms with Crippen molar-refractivity contribution < 1.29 is 4.79 Å². The molecule has 2 amide bonds. The minimum atomic E-state index is 0.00736. The molecule has 2 aliphatic heterocycles. The van der Waals surface area contributed by atoms with Crippen LogP contribution in [-0.2, 0) is 6.42 Å². The van der Waals surface area contributed by atoms with Gasteiger partial charge in [-0.05, 0) is 24.1 Å². The van der Waals surface area contributed by atoms with Gasteiger partial charge in [0.25, 0.3) is 0 Å². The van der Waals surface area contributed by atoms with E-state index in [9.17, 15) is 4.79 Å². The van der Waals surface area contributed by atoms with E-state index in [0.29, 0.717) is 0 Å². The van der Waals surface area contributed by atoms with Crippen LogP contribution in [0.25, 0.3) is 0 Å². The lowest BCUT2D eigenvalue weighted by Crippen LogP contribution is -2.27. The van der Waals surface area contributed by atoms with E-state index >= 15 is 0 Å². The van der Waals surface area contributed by atoms with Gasteiger partial charge in [0.2, 0.25) is 0 Å². The van der Waals surface area contributed by atoms with Crippen LogP contribution in [0.5, 0.6) is 0 Å². The van der Waals surface area contributed by atoms with Gasteiger partial charge in [-0.3, -0.25) is 4.90 Å². The van der Waals surface area contributed by atoms with Gasteiger partial charge in [-0.1, -0.05) is 6.07 Å². The Morgan fingerprint density at radius 2 is 2.13 bits per heavy atom. The van der Waals surface area contributed by atoms with Gasteiger partial charge in [0.1, 0.15) is 0 Å². The number of urea groups is 1. The maximum atomic E-state index is 11.5. The van der Waals surface area contributed by atoms with Crippen LogP contribution in [-0.4, -0.2) is 25.7 Å². The first-order chi connectivity index (χ1) is 7.34. The molecule has 0 unspecified atom stereocenters. The zero-order valence-electron chi connectivity index (χ0n) is 8.42. The predicted molar refractivity (Wildman–Crippen MR) is 59.4 cm³/mol. The van der Waals surface area contributed by atoms with Crippen molar-refractivity contribution in [3.8, 4) is 0 Å². The SMILES string of the molecule is O=C1NCCN1c1ccc2c(c1)NCC2. The molecule has 1 aromatic carbocycles. The molecule has 0 radical (unpaired) electrons. The third-order valence-corrected chi connectivity index (χ3v) is 2.97. The second-order valence-corrected chi connectivity index (χ2v) is 3.90. The van der Waals surface area contributed by atoms with Crippen molar-refractivity contribution in [2.75, 3.05) is 29.9 Å². The lowest BCUT2D eigenvalue weighted by molar-refractivity contribution is 0.252. The highest BCUT2D eigenvalue weighted by Gasteiger charge is 2.22. The van der Waals surface area contributed by atoms with E-state index in [1.807, 2.05) is 6.07 Å². The molecule has 1 saturated heterocycles. The van der Waals surface area contributed by atoms with Gasteiger partial charge in [0, 0.05) is 31.0 Å². The molecule has 0 bridgehead atoms. The number of nitrogens with zero attached hydrogens (tertiary/aromatic N) is 1. The number of rotatable bonds is 1. The Morgan fingerprint density at radius 3 is 2.93 bits per heavy atom. The van der Waals surface area contributed by atoms with Gasteiger partial charge < -0.3 is 10.6 Å². The lowest BCUT2D eigenvalue weighted by Gasteiger charge is -2.15. The first-order valence-corrected chi connectivity index (χ1v) is 5.27. The third-order valence-electron chi connectivity index (χ3n) is 2.97. The molecule has 1 aromatic rings. The van der Waals surface area contributed by atoms with Crippen molar-refractivity contribution >= 4 is 17.4 Å². The van der Waals surface area contributed by atoms with Crippen molar-refractivity contribution in [2.24, 2.45) is 0 Å². The number of nitrogens with one attached hydrogen (secondary N) is 2. The highest BCUT2D eigenvalue weighted by molar-refractivity contribution is 5.94. The van der Waals surface area contributed by atoms with E-state index in [2.05, 4.69) is 22.8 Å². The molecular formula is C11H13N3O. The molecule has 1 fully saturated rings. The van der Waals surface area contributed by atoms with Crippen LogP contribution in [0.1, 0.15) is 5.56 Å². The van der Waals surface area contributed by atoms with E-state index in [0.717, 1.165) is 31.7 Å². The number of anilines is 2. The normalized spacial score (nSPS) is 18.7. The lowest BCUT2D eigenvalue weighted by atomic mass is 10.1. The molecule has 0 aromatic heterocycles. The topological polar surface area (TPSA) is 44.4 Å². The first-order valence-electron chi connectivity index (χ1n) is 5.27. The standard InChI is InChI=1S/C11H13N3O/c15-11-13-5-6-14(11)9-2-1-8-3-4-12-10(8)7-9/h1-2,7,12H,3-6H2,(H,13,15). The number of benzene rings is 1. The molecule has 78 valence electrons. The molecule has 15 heavy (non-hydrogen) atoms. The Hall–Kier alpha value is -1.71. The summed E-state index contributed by atoms with van der Waals surface area (Å²) in [6.45, 7) is 2.51. The maximum Gasteiger partial charge on any atom is 0.321 e. The van der Waals surface area contributed by atoms with Gasteiger partial charge in [-0.15, -0.1) is 0 Å². The van der Waals surface area contributed by atoms with Crippen LogP contribution >= 0.6 is 0 Å². The van der Waals surface area contributed by atoms with Crippen LogP contribution < -0.4 is 15.5 Å². The smallest absolute Gasteiger partial charge is 0.321 e. The van der Waals surface area contributed by atoms with Crippen molar-refractivity contribution in [3.63, 3.8) is 0 Å². The fourth-order valence-corrected chi connectivity index (χ4v) is 2.16. The predicted octanol–water partition coefficient (Wildman–Crippen LogP) is 1.18. The average molecular weight is 203 g/mol. The Labute approximate surface area is 88.3 Å².